The van der Waals surface area contributed by atoms with E-state index in [0.717, 1.165) is 24.9 Å². The molecule has 1 heterocycles. The maximum Gasteiger partial charge on any atom is 0.314 e. The van der Waals surface area contributed by atoms with Crippen LogP contribution < -0.4 is 5.32 Å². The van der Waals surface area contributed by atoms with Gasteiger partial charge in [-0.1, -0.05) is 53.5 Å². The molecule has 2 fully saturated rings. The number of esters is 1. The van der Waals surface area contributed by atoms with E-state index in [4.69, 9.17) is 27.9 Å². The monoisotopic (exact) mass is 401 g/mol. The number of nitrogens with one attached hydrogen (secondary N) is 1. The predicted molar refractivity (Wildman–Crippen MR) is 106 cm³/mol. The summed E-state index contributed by atoms with van der Waals surface area (Å²) >= 11 is 12.9. The number of ether oxygens (including phenoxy) is 1. The minimum Gasteiger partial charge on any atom is -0.469 e. The Hall–Kier alpha value is -1.55. The number of rotatable bonds is 2. The van der Waals surface area contributed by atoms with E-state index in [1.54, 1.807) is 0 Å². The van der Waals surface area contributed by atoms with Crippen molar-refractivity contribution in [3.05, 3.63) is 69.2 Å². The summed E-state index contributed by atoms with van der Waals surface area (Å²) in [6, 6.07) is 14.3. The van der Waals surface area contributed by atoms with Crippen molar-refractivity contribution in [2.24, 2.45) is 11.3 Å². The molecule has 0 aromatic heterocycles. The van der Waals surface area contributed by atoms with Crippen molar-refractivity contribution in [1.29, 1.82) is 0 Å². The van der Waals surface area contributed by atoms with E-state index >= 15 is 0 Å². The van der Waals surface area contributed by atoms with E-state index in [-0.39, 0.29) is 23.2 Å². The predicted octanol–water partition coefficient (Wildman–Crippen LogP) is 4.55. The number of carbonyl (C=O) groups excluding carboxylic acids is 1. The fourth-order valence-corrected chi connectivity index (χ4v) is 6.92. The molecule has 4 aliphatic rings. The highest BCUT2D eigenvalue weighted by Crippen LogP contribution is 2.68. The summed E-state index contributed by atoms with van der Waals surface area (Å²) in [6.07, 6.45) is 1.92. The van der Waals surface area contributed by atoms with Crippen LogP contribution in [0.4, 0.5) is 0 Å². The van der Waals surface area contributed by atoms with Gasteiger partial charge in [-0.2, -0.15) is 0 Å². The molecule has 1 saturated carbocycles. The van der Waals surface area contributed by atoms with E-state index in [1.165, 1.54) is 18.2 Å². The van der Waals surface area contributed by atoms with E-state index < -0.39 is 5.41 Å². The summed E-state index contributed by atoms with van der Waals surface area (Å²) < 4.78 is 5.36. The topological polar surface area (TPSA) is 38.3 Å². The average Bonchev–Trinajstić information content (AvgIpc) is 3.15. The van der Waals surface area contributed by atoms with Crippen molar-refractivity contribution in [2.45, 2.75) is 24.2 Å². The first-order valence-electron chi connectivity index (χ1n) is 9.40. The van der Waals surface area contributed by atoms with Gasteiger partial charge >= 0.3 is 5.97 Å². The molecule has 4 atom stereocenters. The Morgan fingerprint density at radius 1 is 1.19 bits per heavy atom. The molecule has 1 aliphatic heterocycles. The SMILES string of the molecule is COC(=O)C12CNCC1C1(c3ccc(Cl)cc3Cl)CCC2c2ccccc21. The summed E-state index contributed by atoms with van der Waals surface area (Å²) in [6.45, 7) is 1.43. The zero-order valence-corrected chi connectivity index (χ0v) is 16.6. The highest BCUT2D eigenvalue weighted by Gasteiger charge is 2.69. The molecule has 2 aromatic rings. The number of hydrogen-bond donors (Lipinski definition) is 1. The Morgan fingerprint density at radius 3 is 2.78 bits per heavy atom. The number of carbonyl (C=O) groups is 1. The molecule has 0 spiro atoms. The second kappa shape index (κ2) is 5.97. The third kappa shape index (κ3) is 2.05. The lowest BCUT2D eigenvalue weighted by molar-refractivity contribution is -0.161. The van der Waals surface area contributed by atoms with Gasteiger partial charge in [0.25, 0.3) is 0 Å². The molecule has 2 aromatic carbocycles. The maximum absolute atomic E-state index is 13.2. The molecule has 2 bridgehead atoms. The normalized spacial score (nSPS) is 33.4. The van der Waals surface area contributed by atoms with Crippen LogP contribution in [0.25, 0.3) is 0 Å². The first kappa shape index (κ1) is 17.5. The molecule has 5 heteroatoms. The number of hydrogen-bond acceptors (Lipinski definition) is 3. The second-order valence-corrected chi connectivity index (χ2v) is 8.83. The molecular weight excluding hydrogens is 381 g/mol. The fraction of sp³-hybridized carbons (Fsp3) is 0.409. The summed E-state index contributed by atoms with van der Waals surface area (Å²) in [5, 5.41) is 4.81. The molecule has 3 nitrogen and oxygen atoms in total. The molecule has 4 unspecified atom stereocenters. The van der Waals surface area contributed by atoms with Gasteiger partial charge in [-0.3, -0.25) is 4.79 Å². The molecular formula is C22H21Cl2NO2. The fourth-order valence-electron chi connectivity index (χ4n) is 6.34. The molecule has 1 saturated heterocycles. The highest BCUT2D eigenvalue weighted by molar-refractivity contribution is 6.35. The smallest absolute Gasteiger partial charge is 0.314 e. The van der Waals surface area contributed by atoms with Crippen LogP contribution in [0.5, 0.6) is 0 Å². The maximum atomic E-state index is 13.2. The molecule has 0 amide bonds. The van der Waals surface area contributed by atoms with Crippen LogP contribution in [0.1, 0.15) is 35.4 Å². The zero-order chi connectivity index (χ0) is 18.8. The minimum absolute atomic E-state index is 0.102. The van der Waals surface area contributed by atoms with Gasteiger partial charge in [0, 0.05) is 40.4 Å². The quantitative estimate of drug-likeness (QED) is 0.750. The van der Waals surface area contributed by atoms with Crippen LogP contribution in [0, 0.1) is 11.3 Å². The lowest BCUT2D eigenvalue weighted by atomic mass is 9.42. The molecule has 0 radical (unpaired) electrons. The van der Waals surface area contributed by atoms with Gasteiger partial charge in [-0.15, -0.1) is 0 Å². The Morgan fingerprint density at radius 2 is 2.00 bits per heavy atom. The number of fused-ring (bicyclic) bond motifs is 1. The van der Waals surface area contributed by atoms with Gasteiger partial charge in [-0.05, 0) is 41.7 Å². The van der Waals surface area contributed by atoms with Gasteiger partial charge in [0.2, 0.25) is 0 Å². The van der Waals surface area contributed by atoms with Crippen molar-refractivity contribution < 1.29 is 9.53 Å². The Balaban J connectivity index is 1.85. The van der Waals surface area contributed by atoms with E-state index in [2.05, 4.69) is 29.6 Å². The summed E-state index contributed by atoms with van der Waals surface area (Å²) in [5.74, 6) is 0.171. The van der Waals surface area contributed by atoms with Gasteiger partial charge in [0.1, 0.15) is 0 Å². The third-order valence-electron chi connectivity index (χ3n) is 7.23. The lowest BCUT2D eigenvalue weighted by Crippen LogP contribution is -2.60. The van der Waals surface area contributed by atoms with Crippen molar-refractivity contribution in [1.82, 2.24) is 5.32 Å². The second-order valence-electron chi connectivity index (χ2n) is 7.99. The van der Waals surface area contributed by atoms with E-state index in [9.17, 15) is 4.79 Å². The summed E-state index contributed by atoms with van der Waals surface area (Å²) in [5.41, 5.74) is 2.77. The van der Waals surface area contributed by atoms with Crippen molar-refractivity contribution >= 4 is 29.2 Å². The van der Waals surface area contributed by atoms with E-state index in [0.29, 0.717) is 16.6 Å². The van der Waals surface area contributed by atoms with Gasteiger partial charge in [-0.25, -0.2) is 0 Å². The first-order valence-corrected chi connectivity index (χ1v) is 10.2. The van der Waals surface area contributed by atoms with Crippen molar-refractivity contribution in [2.75, 3.05) is 20.2 Å². The number of halogens is 2. The molecule has 1 N–H and O–H groups in total. The van der Waals surface area contributed by atoms with Crippen LogP contribution in [0.15, 0.2) is 42.5 Å². The first-order chi connectivity index (χ1) is 13.1. The molecule has 140 valence electrons. The largest absolute Gasteiger partial charge is 0.469 e. The van der Waals surface area contributed by atoms with Gasteiger partial charge < -0.3 is 10.1 Å². The number of benzene rings is 2. The van der Waals surface area contributed by atoms with E-state index in [1.807, 2.05) is 18.2 Å². The van der Waals surface area contributed by atoms with Crippen LogP contribution in [-0.2, 0) is 14.9 Å². The summed E-state index contributed by atoms with van der Waals surface area (Å²) in [4.78, 5) is 13.2. The van der Waals surface area contributed by atoms with Crippen LogP contribution in [0.3, 0.4) is 0 Å². The Bertz CT molecular complexity index is 946. The number of methoxy groups -OCH3 is 1. The summed E-state index contributed by atoms with van der Waals surface area (Å²) in [7, 11) is 1.50. The Kier molecular flexibility index (Phi) is 3.88. The molecule has 27 heavy (non-hydrogen) atoms. The van der Waals surface area contributed by atoms with Crippen LogP contribution in [0.2, 0.25) is 10.0 Å². The van der Waals surface area contributed by atoms with Crippen molar-refractivity contribution in [3.63, 3.8) is 0 Å². The lowest BCUT2D eigenvalue weighted by Gasteiger charge is -2.59. The molecule has 3 aliphatic carbocycles. The minimum atomic E-state index is -0.551. The van der Waals surface area contributed by atoms with Gasteiger partial charge in [0.05, 0.1) is 12.5 Å². The average molecular weight is 402 g/mol. The van der Waals surface area contributed by atoms with Gasteiger partial charge in [0.15, 0.2) is 0 Å². The zero-order valence-electron chi connectivity index (χ0n) is 15.1. The third-order valence-corrected chi connectivity index (χ3v) is 7.77. The Labute approximate surface area is 169 Å². The standard InChI is InChI=1S/C22H21Cl2NO2/c1-27-20(26)22-12-25-11-19(22)21(17-7-6-13(23)10-18(17)24)9-8-16(22)14-4-2-3-5-15(14)21/h2-7,10,16,19,25H,8-9,11-12H2,1H3. The van der Waals surface area contributed by atoms with Crippen LogP contribution >= 0.6 is 23.2 Å². The molecule has 6 rings (SSSR count). The van der Waals surface area contributed by atoms with Crippen molar-refractivity contribution in [3.8, 4) is 0 Å². The highest BCUT2D eigenvalue weighted by atomic mass is 35.5. The van der Waals surface area contributed by atoms with Crippen LogP contribution in [-0.4, -0.2) is 26.2 Å².